The van der Waals surface area contributed by atoms with E-state index in [1.54, 1.807) is 25.7 Å². The van der Waals surface area contributed by atoms with Crippen molar-refractivity contribution in [3.63, 3.8) is 0 Å². The molecular weight excluding hydrogens is 356 g/mol. The third-order valence-corrected chi connectivity index (χ3v) is 7.12. The Hall–Kier alpha value is -1.93. The van der Waals surface area contributed by atoms with Gasteiger partial charge in [0.1, 0.15) is 0 Å². The highest BCUT2D eigenvalue weighted by Gasteiger charge is 2.35. The first-order chi connectivity index (χ1) is 12.1. The number of piperidine rings is 1. The molecule has 2 rings (SSSR count). The van der Waals surface area contributed by atoms with Gasteiger partial charge in [-0.25, -0.2) is 8.42 Å². The van der Waals surface area contributed by atoms with E-state index in [0.29, 0.717) is 24.9 Å². The van der Waals surface area contributed by atoms with E-state index in [-0.39, 0.29) is 16.8 Å². The maximum Gasteiger partial charge on any atom is 0.308 e. The molecule has 0 bridgehead atoms. The molecule has 1 aliphatic heterocycles. The van der Waals surface area contributed by atoms with Crippen molar-refractivity contribution in [1.29, 1.82) is 0 Å². The lowest BCUT2D eigenvalue weighted by Gasteiger charge is -2.37. The number of carboxylic acid groups (broad SMARTS) is 1. The molecular formula is C18H26N2O5S. The summed E-state index contributed by atoms with van der Waals surface area (Å²) in [5, 5.41) is 9.29. The molecule has 8 heteroatoms. The summed E-state index contributed by atoms with van der Waals surface area (Å²) >= 11 is 0. The number of hydrogen-bond acceptors (Lipinski definition) is 4. The molecule has 0 unspecified atom stereocenters. The van der Waals surface area contributed by atoms with Gasteiger partial charge in [0.2, 0.25) is 10.0 Å². The minimum Gasteiger partial charge on any atom is -0.481 e. The maximum absolute atomic E-state index is 12.8. The summed E-state index contributed by atoms with van der Waals surface area (Å²) < 4.78 is 26.3. The molecule has 0 spiro atoms. The number of aliphatic carboxylic acids is 1. The first-order valence-corrected chi connectivity index (χ1v) is 10.1. The van der Waals surface area contributed by atoms with Gasteiger partial charge >= 0.3 is 5.97 Å². The molecule has 1 fully saturated rings. The van der Waals surface area contributed by atoms with E-state index in [0.717, 1.165) is 0 Å². The monoisotopic (exact) mass is 382 g/mol. The molecule has 1 N–H and O–H groups in total. The molecule has 0 aliphatic carbocycles. The van der Waals surface area contributed by atoms with Gasteiger partial charge in [0.15, 0.2) is 0 Å². The topological polar surface area (TPSA) is 95.0 Å². The molecule has 1 saturated heterocycles. The second-order valence-corrected chi connectivity index (χ2v) is 8.96. The van der Waals surface area contributed by atoms with Gasteiger partial charge < -0.3 is 10.0 Å². The molecule has 0 saturated carbocycles. The highest BCUT2D eigenvalue weighted by atomic mass is 32.2. The van der Waals surface area contributed by atoms with E-state index >= 15 is 0 Å². The third-order valence-electron chi connectivity index (χ3n) is 5.07. The van der Waals surface area contributed by atoms with Crippen LogP contribution in [0.1, 0.15) is 44.0 Å². The van der Waals surface area contributed by atoms with Crippen LogP contribution in [0.2, 0.25) is 0 Å². The molecule has 1 heterocycles. The molecule has 2 atom stereocenters. The van der Waals surface area contributed by atoms with Crippen LogP contribution in [-0.4, -0.2) is 60.3 Å². The van der Waals surface area contributed by atoms with Crippen LogP contribution in [0.4, 0.5) is 0 Å². The van der Waals surface area contributed by atoms with E-state index < -0.39 is 28.0 Å². The van der Waals surface area contributed by atoms with Crippen LogP contribution < -0.4 is 0 Å². The largest absolute Gasteiger partial charge is 0.481 e. The lowest BCUT2D eigenvalue weighted by atomic mass is 9.90. The quantitative estimate of drug-likeness (QED) is 0.841. The van der Waals surface area contributed by atoms with Crippen molar-refractivity contribution in [3.05, 3.63) is 29.8 Å². The minimum absolute atomic E-state index is 0.125. The average molecular weight is 382 g/mol. The summed E-state index contributed by atoms with van der Waals surface area (Å²) in [7, 11) is -2.09. The maximum atomic E-state index is 12.8. The predicted octanol–water partition coefficient (Wildman–Crippen LogP) is 2.04. The van der Waals surface area contributed by atoms with Crippen LogP contribution in [0.25, 0.3) is 0 Å². The number of benzene rings is 1. The van der Waals surface area contributed by atoms with Crippen molar-refractivity contribution in [2.24, 2.45) is 5.92 Å². The summed E-state index contributed by atoms with van der Waals surface area (Å²) in [6.45, 7) is 5.81. The molecule has 144 valence electrons. The summed E-state index contributed by atoms with van der Waals surface area (Å²) in [6.07, 6.45) is 1.19. The number of carboxylic acids is 1. The van der Waals surface area contributed by atoms with Crippen LogP contribution in [-0.2, 0) is 14.8 Å². The Bertz CT molecular complexity index is 773. The number of hydrogen-bond donors (Lipinski definition) is 1. The lowest BCUT2D eigenvalue weighted by molar-refractivity contribution is -0.144. The van der Waals surface area contributed by atoms with E-state index in [1.165, 1.54) is 35.6 Å². The molecule has 1 aromatic carbocycles. The van der Waals surface area contributed by atoms with Gasteiger partial charge in [-0.15, -0.1) is 0 Å². The summed E-state index contributed by atoms with van der Waals surface area (Å²) in [5.41, 5.74) is 0.356. The third kappa shape index (κ3) is 3.91. The van der Waals surface area contributed by atoms with Gasteiger partial charge in [0.25, 0.3) is 5.91 Å². The Balaban J connectivity index is 2.23. The van der Waals surface area contributed by atoms with Crippen molar-refractivity contribution in [2.45, 2.75) is 50.6 Å². The molecule has 0 aromatic heterocycles. The van der Waals surface area contributed by atoms with Gasteiger partial charge in [0, 0.05) is 31.2 Å². The van der Waals surface area contributed by atoms with Crippen LogP contribution in [0, 0.1) is 5.92 Å². The summed E-state index contributed by atoms with van der Waals surface area (Å²) in [4.78, 5) is 25.8. The first-order valence-electron chi connectivity index (χ1n) is 8.69. The number of sulfonamides is 1. The lowest BCUT2D eigenvalue weighted by Crippen LogP contribution is -2.49. The van der Waals surface area contributed by atoms with Crippen molar-refractivity contribution in [1.82, 2.24) is 9.21 Å². The van der Waals surface area contributed by atoms with E-state index in [2.05, 4.69) is 0 Å². The predicted molar refractivity (Wildman–Crippen MR) is 97.4 cm³/mol. The number of rotatable bonds is 5. The Labute approximate surface area is 154 Å². The van der Waals surface area contributed by atoms with Crippen LogP contribution in [0.5, 0.6) is 0 Å². The summed E-state index contributed by atoms with van der Waals surface area (Å²) in [6, 6.07) is 5.24. The van der Waals surface area contributed by atoms with Crippen molar-refractivity contribution in [3.8, 4) is 0 Å². The Morgan fingerprint density at radius 2 is 1.81 bits per heavy atom. The Kier molecular flexibility index (Phi) is 6.08. The van der Waals surface area contributed by atoms with Crippen molar-refractivity contribution < 1.29 is 23.1 Å². The minimum atomic E-state index is -3.61. The van der Waals surface area contributed by atoms with Crippen LogP contribution >= 0.6 is 0 Å². The van der Waals surface area contributed by atoms with E-state index in [1.807, 2.05) is 0 Å². The second-order valence-electron chi connectivity index (χ2n) is 6.97. The smallest absolute Gasteiger partial charge is 0.308 e. The number of carbonyl (C=O) groups is 2. The Morgan fingerprint density at radius 1 is 1.23 bits per heavy atom. The van der Waals surface area contributed by atoms with Gasteiger partial charge in [-0.2, -0.15) is 4.31 Å². The zero-order valence-electron chi connectivity index (χ0n) is 15.5. The SMILES string of the molecule is CC(C)N(C)S(=O)(=O)c1ccc(C(=O)N2CCC[C@H](C(=O)O)[C@@H]2C)cc1. The number of nitrogens with zero attached hydrogens (tertiary/aromatic N) is 2. The van der Waals surface area contributed by atoms with Crippen LogP contribution in [0.3, 0.4) is 0 Å². The molecule has 0 radical (unpaired) electrons. The van der Waals surface area contributed by atoms with Crippen molar-refractivity contribution >= 4 is 21.9 Å². The number of likely N-dealkylation sites (tertiary alicyclic amines) is 1. The molecule has 1 aliphatic rings. The average Bonchev–Trinajstić information content (AvgIpc) is 2.60. The van der Waals surface area contributed by atoms with Crippen LogP contribution in [0.15, 0.2) is 29.2 Å². The standard InChI is InChI=1S/C18H26N2O5S/c1-12(2)19(4)26(24,25)15-9-7-14(8-10-15)17(21)20-11-5-6-16(13(20)3)18(22)23/h7-10,12-13,16H,5-6,11H2,1-4H3,(H,22,23)/t13-,16-/m0/s1. The van der Waals surface area contributed by atoms with Gasteiger partial charge in [-0.1, -0.05) is 0 Å². The zero-order chi connectivity index (χ0) is 19.6. The van der Waals surface area contributed by atoms with E-state index in [9.17, 15) is 23.1 Å². The Morgan fingerprint density at radius 3 is 2.31 bits per heavy atom. The molecule has 1 amide bonds. The highest BCUT2D eigenvalue weighted by Crippen LogP contribution is 2.26. The highest BCUT2D eigenvalue weighted by molar-refractivity contribution is 7.89. The fourth-order valence-corrected chi connectivity index (χ4v) is 4.51. The van der Waals surface area contributed by atoms with E-state index in [4.69, 9.17) is 0 Å². The fourth-order valence-electron chi connectivity index (χ4n) is 3.14. The summed E-state index contributed by atoms with van der Waals surface area (Å²) in [5.74, 6) is -1.75. The second kappa shape index (κ2) is 7.75. The first kappa shape index (κ1) is 20.4. The molecule has 26 heavy (non-hydrogen) atoms. The molecule has 7 nitrogen and oxygen atoms in total. The fraction of sp³-hybridized carbons (Fsp3) is 0.556. The number of carbonyl (C=O) groups excluding carboxylic acids is 1. The van der Waals surface area contributed by atoms with Gasteiger partial charge in [-0.05, 0) is 57.9 Å². The zero-order valence-corrected chi connectivity index (χ0v) is 16.4. The normalized spacial score (nSPS) is 21.2. The molecule has 1 aromatic rings. The number of amides is 1. The van der Waals surface area contributed by atoms with Gasteiger partial charge in [-0.3, -0.25) is 9.59 Å². The van der Waals surface area contributed by atoms with Gasteiger partial charge in [0.05, 0.1) is 10.8 Å². The van der Waals surface area contributed by atoms with Crippen molar-refractivity contribution in [2.75, 3.05) is 13.6 Å².